The van der Waals surface area contributed by atoms with Crippen LogP contribution < -0.4 is 4.72 Å². The molecule has 0 saturated carbocycles. The molecule has 0 unspecified atom stereocenters. The van der Waals surface area contributed by atoms with Crippen molar-refractivity contribution in [1.29, 1.82) is 0 Å². The molecule has 0 atom stereocenters. The van der Waals surface area contributed by atoms with Gasteiger partial charge < -0.3 is 0 Å². The van der Waals surface area contributed by atoms with E-state index in [0.29, 0.717) is 10.8 Å². The largest absolute Gasteiger partial charge is 0.282 e. The highest BCUT2D eigenvalue weighted by Gasteiger charge is 2.08. The van der Waals surface area contributed by atoms with Gasteiger partial charge in [0.05, 0.1) is 17.6 Å². The molecule has 4 nitrogen and oxygen atoms in total. The Bertz CT molecular complexity index is 431. The van der Waals surface area contributed by atoms with Gasteiger partial charge in [-0.15, -0.1) is 0 Å². The molecule has 0 saturated heterocycles. The number of anilines is 1. The number of nitrogens with zero attached hydrogens (tertiary/aromatic N) is 1. The molecule has 78 valence electrons. The maximum Gasteiger partial charge on any atom is 0.232 e. The van der Waals surface area contributed by atoms with Crippen molar-refractivity contribution < 1.29 is 8.42 Å². The number of halogens is 1. The molecule has 0 aliphatic rings. The van der Waals surface area contributed by atoms with Crippen molar-refractivity contribution in [2.75, 3.05) is 10.5 Å². The van der Waals surface area contributed by atoms with Crippen molar-refractivity contribution in [2.45, 2.75) is 13.8 Å². The van der Waals surface area contributed by atoms with Gasteiger partial charge in [-0.2, -0.15) is 0 Å². The van der Waals surface area contributed by atoms with Crippen LogP contribution in [0.15, 0.2) is 12.3 Å². The molecule has 0 aliphatic heterocycles. The van der Waals surface area contributed by atoms with Crippen LogP contribution in [0.1, 0.15) is 12.5 Å². The minimum Gasteiger partial charge on any atom is -0.282 e. The molecule has 1 N–H and O–H groups in total. The molecular weight excluding hydrogens is 224 g/mol. The minimum atomic E-state index is -3.24. The zero-order valence-electron chi connectivity index (χ0n) is 7.91. The standard InChI is InChI=1S/C8H11ClN2O2S/c1-3-14(12,13)11-7-5-10-8(9)4-6(7)2/h4-5,11H,3H2,1-2H3. The van der Waals surface area contributed by atoms with Crippen LogP contribution in [0, 0.1) is 6.92 Å². The van der Waals surface area contributed by atoms with Crippen molar-refractivity contribution in [1.82, 2.24) is 4.98 Å². The summed E-state index contributed by atoms with van der Waals surface area (Å²) in [6.07, 6.45) is 1.41. The molecule has 0 aromatic carbocycles. The summed E-state index contributed by atoms with van der Waals surface area (Å²) in [4.78, 5) is 3.80. The van der Waals surface area contributed by atoms with Crippen molar-refractivity contribution in [3.05, 3.63) is 23.0 Å². The smallest absolute Gasteiger partial charge is 0.232 e. The highest BCUT2D eigenvalue weighted by molar-refractivity contribution is 7.92. The second-order valence-electron chi connectivity index (χ2n) is 2.83. The molecule has 1 aromatic rings. The van der Waals surface area contributed by atoms with Gasteiger partial charge in [-0.25, -0.2) is 13.4 Å². The summed E-state index contributed by atoms with van der Waals surface area (Å²) in [5.74, 6) is 0.0368. The number of hydrogen-bond donors (Lipinski definition) is 1. The van der Waals surface area contributed by atoms with Crippen LogP contribution in [-0.4, -0.2) is 19.2 Å². The lowest BCUT2D eigenvalue weighted by molar-refractivity contribution is 0.602. The summed E-state index contributed by atoms with van der Waals surface area (Å²) in [5.41, 5.74) is 1.22. The Hall–Kier alpha value is -0.810. The van der Waals surface area contributed by atoms with E-state index in [2.05, 4.69) is 9.71 Å². The Labute approximate surface area is 88.4 Å². The molecular formula is C8H11ClN2O2S. The molecule has 0 amide bonds. The monoisotopic (exact) mass is 234 g/mol. The predicted molar refractivity (Wildman–Crippen MR) is 57.1 cm³/mol. The first-order valence-corrected chi connectivity index (χ1v) is 6.10. The fraction of sp³-hybridized carbons (Fsp3) is 0.375. The Balaban J connectivity index is 2.99. The van der Waals surface area contributed by atoms with Crippen LogP contribution in [0.25, 0.3) is 0 Å². The summed E-state index contributed by atoms with van der Waals surface area (Å²) in [7, 11) is -3.24. The molecule has 1 heterocycles. The van der Waals surface area contributed by atoms with E-state index >= 15 is 0 Å². The molecule has 0 radical (unpaired) electrons. The second-order valence-corrected chi connectivity index (χ2v) is 5.23. The van der Waals surface area contributed by atoms with Crippen LogP contribution in [0.4, 0.5) is 5.69 Å². The lowest BCUT2D eigenvalue weighted by Crippen LogP contribution is -2.15. The SMILES string of the molecule is CCS(=O)(=O)Nc1cnc(Cl)cc1C. The van der Waals surface area contributed by atoms with E-state index in [-0.39, 0.29) is 5.75 Å². The maximum absolute atomic E-state index is 11.2. The number of rotatable bonds is 3. The molecule has 1 aromatic heterocycles. The zero-order valence-corrected chi connectivity index (χ0v) is 9.48. The summed E-state index contributed by atoms with van der Waals surface area (Å²) < 4.78 is 24.9. The number of nitrogens with one attached hydrogen (secondary N) is 1. The maximum atomic E-state index is 11.2. The van der Waals surface area contributed by atoms with Gasteiger partial charge in [0.1, 0.15) is 5.15 Å². The first-order chi connectivity index (χ1) is 6.44. The van der Waals surface area contributed by atoms with Crippen LogP contribution in [0.5, 0.6) is 0 Å². The van der Waals surface area contributed by atoms with E-state index in [4.69, 9.17) is 11.6 Å². The molecule has 0 bridgehead atoms. The molecule has 6 heteroatoms. The van der Waals surface area contributed by atoms with E-state index in [1.54, 1.807) is 19.9 Å². The van der Waals surface area contributed by atoms with Gasteiger partial charge in [-0.05, 0) is 25.5 Å². The van der Waals surface area contributed by atoms with Gasteiger partial charge in [0.2, 0.25) is 10.0 Å². The zero-order chi connectivity index (χ0) is 10.8. The third-order valence-electron chi connectivity index (χ3n) is 1.72. The summed E-state index contributed by atoms with van der Waals surface area (Å²) in [5, 5.41) is 0.349. The molecule has 0 aliphatic carbocycles. The second kappa shape index (κ2) is 4.14. The van der Waals surface area contributed by atoms with Crippen molar-refractivity contribution in [3.63, 3.8) is 0 Å². The van der Waals surface area contributed by atoms with Gasteiger partial charge in [-0.1, -0.05) is 11.6 Å². The van der Waals surface area contributed by atoms with E-state index in [9.17, 15) is 8.42 Å². The van der Waals surface area contributed by atoms with E-state index < -0.39 is 10.0 Å². The predicted octanol–water partition coefficient (Wildman–Crippen LogP) is 1.81. The van der Waals surface area contributed by atoms with Gasteiger partial charge in [0.25, 0.3) is 0 Å². The number of aromatic nitrogens is 1. The van der Waals surface area contributed by atoms with Gasteiger partial charge in [0, 0.05) is 0 Å². The first-order valence-electron chi connectivity index (χ1n) is 4.07. The minimum absolute atomic E-state index is 0.0368. The van der Waals surface area contributed by atoms with E-state index in [1.165, 1.54) is 6.20 Å². The Morgan fingerprint density at radius 2 is 2.21 bits per heavy atom. The average Bonchev–Trinajstić information content (AvgIpc) is 2.10. The van der Waals surface area contributed by atoms with Crippen molar-refractivity contribution in [3.8, 4) is 0 Å². The summed E-state index contributed by atoms with van der Waals surface area (Å²) in [6.45, 7) is 3.34. The lowest BCUT2D eigenvalue weighted by atomic mass is 10.3. The highest BCUT2D eigenvalue weighted by Crippen LogP contribution is 2.17. The molecule has 0 spiro atoms. The fourth-order valence-corrected chi connectivity index (χ4v) is 1.77. The Morgan fingerprint density at radius 3 is 2.71 bits per heavy atom. The number of hydrogen-bond acceptors (Lipinski definition) is 3. The highest BCUT2D eigenvalue weighted by atomic mass is 35.5. The Morgan fingerprint density at radius 1 is 1.57 bits per heavy atom. The topological polar surface area (TPSA) is 59.1 Å². The van der Waals surface area contributed by atoms with Crippen LogP contribution in [-0.2, 0) is 10.0 Å². The average molecular weight is 235 g/mol. The van der Waals surface area contributed by atoms with Gasteiger partial charge >= 0.3 is 0 Å². The van der Waals surface area contributed by atoms with Crippen LogP contribution in [0.2, 0.25) is 5.15 Å². The fourth-order valence-electron chi connectivity index (χ4n) is 0.868. The molecule has 0 fully saturated rings. The number of aryl methyl sites for hydroxylation is 1. The molecule has 1 rings (SSSR count). The lowest BCUT2D eigenvalue weighted by Gasteiger charge is -2.08. The van der Waals surface area contributed by atoms with E-state index in [0.717, 1.165) is 5.56 Å². The third-order valence-corrected chi connectivity index (χ3v) is 3.22. The van der Waals surface area contributed by atoms with Gasteiger partial charge in [-0.3, -0.25) is 4.72 Å². The first kappa shape index (κ1) is 11.3. The molecule has 14 heavy (non-hydrogen) atoms. The van der Waals surface area contributed by atoms with Crippen LogP contribution >= 0.6 is 11.6 Å². The Kier molecular flexibility index (Phi) is 3.34. The van der Waals surface area contributed by atoms with Gasteiger partial charge in [0.15, 0.2) is 0 Å². The number of sulfonamides is 1. The normalized spacial score (nSPS) is 11.4. The van der Waals surface area contributed by atoms with Crippen LogP contribution in [0.3, 0.4) is 0 Å². The van der Waals surface area contributed by atoms with E-state index in [1.807, 2.05) is 0 Å². The van der Waals surface area contributed by atoms with Crippen molar-refractivity contribution in [2.24, 2.45) is 0 Å². The quantitative estimate of drug-likeness (QED) is 0.812. The summed E-state index contributed by atoms with van der Waals surface area (Å²) >= 11 is 5.63. The number of pyridine rings is 1. The van der Waals surface area contributed by atoms with Crippen molar-refractivity contribution >= 4 is 27.3 Å². The third kappa shape index (κ3) is 2.85. The summed E-state index contributed by atoms with van der Waals surface area (Å²) in [6, 6.07) is 1.61.